The summed E-state index contributed by atoms with van der Waals surface area (Å²) in [5.74, 6) is -0.917. The first-order valence-corrected chi connectivity index (χ1v) is 9.46. The second kappa shape index (κ2) is 7.78. The number of carbonyl (C=O) groups is 2. The van der Waals surface area contributed by atoms with Gasteiger partial charge in [-0.1, -0.05) is 0 Å². The number of nitrogens with one attached hydrogen (secondary N) is 1. The lowest BCUT2D eigenvalue weighted by Gasteiger charge is -2.32. The molecule has 1 N–H and O–H groups in total. The fourth-order valence-corrected chi connectivity index (χ4v) is 3.27. The third kappa shape index (κ3) is 4.59. The van der Waals surface area contributed by atoms with E-state index in [0.717, 1.165) is 13.2 Å². The molecule has 0 saturated carbocycles. The number of halogens is 3. The third-order valence-corrected chi connectivity index (χ3v) is 4.55. The molecule has 11 heteroatoms. The molecule has 1 atom stereocenters. The molecule has 0 saturated heterocycles. The minimum atomic E-state index is -4.59. The summed E-state index contributed by atoms with van der Waals surface area (Å²) in [5, 5.41) is 6.69. The van der Waals surface area contributed by atoms with Gasteiger partial charge < -0.3 is 14.4 Å². The summed E-state index contributed by atoms with van der Waals surface area (Å²) in [5.41, 5.74) is -1.19. The smallest absolute Gasteiger partial charge is 0.419 e. The van der Waals surface area contributed by atoms with E-state index in [1.807, 2.05) is 0 Å². The van der Waals surface area contributed by atoms with Crippen LogP contribution in [-0.4, -0.2) is 41.0 Å². The summed E-state index contributed by atoms with van der Waals surface area (Å²) in [6.07, 6.45) is -4.01. The van der Waals surface area contributed by atoms with Gasteiger partial charge >= 0.3 is 12.3 Å². The van der Waals surface area contributed by atoms with E-state index < -0.39 is 35.1 Å². The van der Waals surface area contributed by atoms with Gasteiger partial charge in [-0.15, -0.1) is 0 Å². The first kappa shape index (κ1) is 22.4. The first-order chi connectivity index (χ1) is 14.3. The Bertz CT molecular complexity index is 1010. The lowest BCUT2D eigenvalue weighted by molar-refractivity contribution is -0.138. The Morgan fingerprint density at radius 1 is 1.26 bits per heavy atom. The van der Waals surface area contributed by atoms with Gasteiger partial charge in [-0.25, -0.2) is 4.79 Å². The number of methoxy groups -OCH3 is 1. The number of alkyl halides is 3. The molecule has 0 spiro atoms. The molecule has 0 bridgehead atoms. The van der Waals surface area contributed by atoms with E-state index in [1.165, 1.54) is 27.9 Å². The average molecular weight is 440 g/mol. The highest BCUT2D eigenvalue weighted by atomic mass is 19.4. The summed E-state index contributed by atoms with van der Waals surface area (Å²) in [6.45, 7) is 7.08. The van der Waals surface area contributed by atoms with Crippen molar-refractivity contribution in [1.29, 1.82) is 0 Å². The fourth-order valence-electron chi connectivity index (χ4n) is 3.27. The molecule has 2 heterocycles. The van der Waals surface area contributed by atoms with Crippen molar-refractivity contribution in [3.8, 4) is 5.75 Å². The number of anilines is 2. The maximum Gasteiger partial charge on any atom is 0.419 e. The summed E-state index contributed by atoms with van der Waals surface area (Å²) in [4.78, 5) is 26.7. The van der Waals surface area contributed by atoms with Gasteiger partial charge in [0.15, 0.2) is 5.69 Å². The topological polar surface area (TPSA) is 85.7 Å². The number of rotatable bonds is 3. The Morgan fingerprint density at radius 3 is 2.52 bits per heavy atom. The number of nitrogens with zero attached hydrogens (tertiary/aromatic N) is 3. The van der Waals surface area contributed by atoms with Crippen LogP contribution in [0.15, 0.2) is 24.4 Å². The number of aromatic nitrogens is 2. The summed E-state index contributed by atoms with van der Waals surface area (Å²) >= 11 is 0. The largest absolute Gasteiger partial charge is 0.496 e. The standard InChI is InChI=1S/C20H23F3N4O4/c1-11-10-26(12-6-7-13(20(21,22)23)15(8-12)30-5)17(28)16-14(9-24-27(11)16)25-18(29)31-19(2,3)4/h6-9,11H,10H2,1-5H3,(H,25,29)/t11-/m0/s1. The van der Waals surface area contributed by atoms with E-state index in [1.54, 1.807) is 27.7 Å². The highest BCUT2D eigenvalue weighted by molar-refractivity contribution is 6.10. The number of benzene rings is 1. The maximum atomic E-state index is 13.2. The molecule has 0 unspecified atom stereocenters. The van der Waals surface area contributed by atoms with Crippen molar-refractivity contribution in [2.75, 3.05) is 23.9 Å². The Labute approximate surface area is 176 Å². The van der Waals surface area contributed by atoms with Gasteiger partial charge in [0.2, 0.25) is 0 Å². The third-order valence-electron chi connectivity index (χ3n) is 4.55. The van der Waals surface area contributed by atoms with Crippen LogP contribution < -0.4 is 15.0 Å². The molecule has 0 aliphatic carbocycles. The quantitative estimate of drug-likeness (QED) is 0.761. The molecular formula is C20H23F3N4O4. The van der Waals surface area contributed by atoms with Crippen molar-refractivity contribution >= 4 is 23.4 Å². The van der Waals surface area contributed by atoms with Crippen molar-refractivity contribution in [2.24, 2.45) is 0 Å². The van der Waals surface area contributed by atoms with Crippen LogP contribution in [0.1, 0.15) is 49.8 Å². The molecule has 3 rings (SSSR count). The van der Waals surface area contributed by atoms with Gasteiger partial charge in [-0.3, -0.25) is 14.8 Å². The molecule has 0 fully saturated rings. The zero-order valence-corrected chi connectivity index (χ0v) is 17.7. The lowest BCUT2D eigenvalue weighted by atomic mass is 10.1. The maximum absolute atomic E-state index is 13.2. The molecule has 31 heavy (non-hydrogen) atoms. The zero-order chi connectivity index (χ0) is 23.1. The number of hydrogen-bond donors (Lipinski definition) is 1. The van der Waals surface area contributed by atoms with Crippen LogP contribution in [0.2, 0.25) is 0 Å². The number of hydrogen-bond acceptors (Lipinski definition) is 5. The summed E-state index contributed by atoms with van der Waals surface area (Å²) < 4.78 is 51.1. The van der Waals surface area contributed by atoms with Gasteiger partial charge in [0.1, 0.15) is 11.4 Å². The lowest BCUT2D eigenvalue weighted by Crippen LogP contribution is -2.43. The van der Waals surface area contributed by atoms with Gasteiger partial charge in [0.25, 0.3) is 5.91 Å². The molecule has 0 radical (unpaired) electrons. The first-order valence-electron chi connectivity index (χ1n) is 9.46. The second-order valence-electron chi connectivity index (χ2n) is 8.13. The van der Waals surface area contributed by atoms with Gasteiger partial charge in [-0.05, 0) is 39.8 Å². The van der Waals surface area contributed by atoms with Crippen LogP contribution in [0, 0.1) is 0 Å². The minimum absolute atomic E-state index is 0.100. The summed E-state index contributed by atoms with van der Waals surface area (Å²) in [7, 11) is 1.13. The van der Waals surface area contributed by atoms with Gasteiger partial charge in [0.05, 0.1) is 30.6 Å². The van der Waals surface area contributed by atoms with Crippen LogP contribution in [0.25, 0.3) is 0 Å². The Morgan fingerprint density at radius 2 is 1.94 bits per heavy atom. The van der Waals surface area contributed by atoms with Crippen LogP contribution >= 0.6 is 0 Å². The zero-order valence-electron chi connectivity index (χ0n) is 17.7. The molecule has 1 aromatic carbocycles. The van der Waals surface area contributed by atoms with Crippen molar-refractivity contribution < 1.29 is 32.2 Å². The molecule has 168 valence electrons. The Balaban J connectivity index is 1.95. The predicted octanol–water partition coefficient (Wildman–Crippen LogP) is 4.48. The Kier molecular flexibility index (Phi) is 5.64. The molecule has 1 aliphatic rings. The van der Waals surface area contributed by atoms with E-state index in [9.17, 15) is 22.8 Å². The van der Waals surface area contributed by atoms with E-state index in [-0.39, 0.29) is 29.7 Å². The molecule has 1 aliphatic heterocycles. The number of carbonyl (C=O) groups excluding carboxylic acids is 2. The normalized spacial score (nSPS) is 16.7. The monoisotopic (exact) mass is 440 g/mol. The van der Waals surface area contributed by atoms with Crippen LogP contribution in [0.5, 0.6) is 5.75 Å². The highest BCUT2D eigenvalue weighted by Crippen LogP contribution is 2.39. The average Bonchev–Trinajstić information content (AvgIpc) is 3.06. The number of amides is 2. The van der Waals surface area contributed by atoms with Crippen molar-refractivity contribution in [3.63, 3.8) is 0 Å². The van der Waals surface area contributed by atoms with Crippen molar-refractivity contribution in [2.45, 2.75) is 45.5 Å². The SMILES string of the molecule is COc1cc(N2C[C@H](C)n3ncc(NC(=O)OC(C)(C)C)c3C2=O)ccc1C(F)(F)F. The van der Waals surface area contributed by atoms with E-state index in [4.69, 9.17) is 9.47 Å². The fraction of sp³-hybridized carbons (Fsp3) is 0.450. The summed E-state index contributed by atoms with van der Waals surface area (Å²) in [6, 6.07) is 2.96. The van der Waals surface area contributed by atoms with Gasteiger partial charge in [-0.2, -0.15) is 18.3 Å². The number of ether oxygens (including phenoxy) is 2. The van der Waals surface area contributed by atoms with E-state index in [2.05, 4.69) is 10.4 Å². The predicted molar refractivity (Wildman–Crippen MR) is 106 cm³/mol. The Hall–Kier alpha value is -3.24. The van der Waals surface area contributed by atoms with E-state index >= 15 is 0 Å². The van der Waals surface area contributed by atoms with Gasteiger partial charge in [0, 0.05) is 18.3 Å². The second-order valence-corrected chi connectivity index (χ2v) is 8.13. The van der Waals surface area contributed by atoms with E-state index in [0.29, 0.717) is 0 Å². The van der Waals surface area contributed by atoms with Crippen molar-refractivity contribution in [3.05, 3.63) is 35.7 Å². The van der Waals surface area contributed by atoms with Crippen molar-refractivity contribution in [1.82, 2.24) is 9.78 Å². The minimum Gasteiger partial charge on any atom is -0.496 e. The molecule has 2 aromatic rings. The molecule has 2 amide bonds. The molecular weight excluding hydrogens is 417 g/mol. The number of fused-ring (bicyclic) bond motifs is 1. The van der Waals surface area contributed by atoms with Crippen LogP contribution in [0.3, 0.4) is 0 Å². The van der Waals surface area contributed by atoms with Crippen LogP contribution in [-0.2, 0) is 10.9 Å². The molecule has 1 aromatic heterocycles. The van der Waals surface area contributed by atoms with Crippen LogP contribution in [0.4, 0.5) is 29.3 Å². The molecule has 8 nitrogen and oxygen atoms in total. The highest BCUT2D eigenvalue weighted by Gasteiger charge is 2.37.